The van der Waals surface area contributed by atoms with Crippen molar-refractivity contribution in [3.05, 3.63) is 106 Å². The Bertz CT molecular complexity index is 1380. The van der Waals surface area contributed by atoms with Gasteiger partial charge in [-0.2, -0.15) is 10.1 Å². The molecule has 2 atom stereocenters. The van der Waals surface area contributed by atoms with Crippen molar-refractivity contribution in [2.24, 2.45) is 0 Å². The fourth-order valence-electron chi connectivity index (χ4n) is 4.56. The topological polar surface area (TPSA) is 61.2 Å². The zero-order valence-electron chi connectivity index (χ0n) is 18.1. The summed E-state index contributed by atoms with van der Waals surface area (Å²) in [6.07, 6.45) is 1.25. The number of aryl methyl sites for hydroxylation is 1. The number of halogens is 1. The zero-order chi connectivity index (χ0) is 22.5. The van der Waals surface area contributed by atoms with Crippen molar-refractivity contribution in [2.75, 3.05) is 12.4 Å². The van der Waals surface area contributed by atoms with Crippen LogP contribution >= 0.6 is 11.6 Å². The molecule has 2 aliphatic rings. The molecular formula is C26H21ClN4O2. The van der Waals surface area contributed by atoms with E-state index < -0.39 is 0 Å². The lowest BCUT2D eigenvalue weighted by Crippen LogP contribution is -2.32. The van der Waals surface area contributed by atoms with E-state index in [1.165, 1.54) is 5.56 Å². The Morgan fingerprint density at radius 3 is 2.52 bits per heavy atom. The number of hydrogen-bond acceptors (Lipinski definition) is 5. The third-order valence-electron chi connectivity index (χ3n) is 6.19. The third kappa shape index (κ3) is 3.26. The summed E-state index contributed by atoms with van der Waals surface area (Å²) in [4.78, 5) is 4.47. The minimum absolute atomic E-state index is 0.219. The van der Waals surface area contributed by atoms with Crippen LogP contribution in [0.4, 0.5) is 5.95 Å². The number of aromatic nitrogens is 3. The highest BCUT2D eigenvalue weighted by atomic mass is 35.5. The molecule has 0 radical (unpaired) electrons. The maximum Gasteiger partial charge on any atom is 0.226 e. The molecule has 164 valence electrons. The SMILES string of the molecule is COc1ccc([C@H]2C3=C(Nc4ncnn42)c2cc(Cl)ccc2O[C@@H]3c2ccc(C)cc2)cc1. The van der Waals surface area contributed by atoms with Crippen molar-refractivity contribution in [1.82, 2.24) is 14.8 Å². The average molecular weight is 457 g/mol. The first kappa shape index (κ1) is 19.9. The molecule has 2 aliphatic heterocycles. The van der Waals surface area contributed by atoms with Gasteiger partial charge in [0.1, 0.15) is 30.0 Å². The summed E-state index contributed by atoms with van der Waals surface area (Å²) >= 11 is 6.39. The minimum Gasteiger partial charge on any atom is -0.497 e. The highest BCUT2D eigenvalue weighted by Crippen LogP contribution is 2.51. The van der Waals surface area contributed by atoms with Gasteiger partial charge in [-0.3, -0.25) is 0 Å². The Balaban J connectivity index is 1.61. The van der Waals surface area contributed by atoms with Crippen LogP contribution in [0.1, 0.15) is 34.4 Å². The molecule has 1 N–H and O–H groups in total. The second-order valence-corrected chi connectivity index (χ2v) is 8.64. The quantitative estimate of drug-likeness (QED) is 0.421. The number of hydrogen-bond donors (Lipinski definition) is 1. The van der Waals surface area contributed by atoms with E-state index in [0.717, 1.165) is 39.5 Å². The molecule has 33 heavy (non-hydrogen) atoms. The van der Waals surface area contributed by atoms with Crippen molar-refractivity contribution >= 4 is 23.2 Å². The predicted molar refractivity (Wildman–Crippen MR) is 128 cm³/mol. The van der Waals surface area contributed by atoms with Gasteiger partial charge in [0.2, 0.25) is 5.95 Å². The molecule has 3 heterocycles. The Labute approximate surface area is 196 Å². The van der Waals surface area contributed by atoms with Gasteiger partial charge in [-0.15, -0.1) is 0 Å². The molecule has 0 amide bonds. The summed E-state index contributed by atoms with van der Waals surface area (Å²) < 4.78 is 13.9. The summed E-state index contributed by atoms with van der Waals surface area (Å²) in [5.74, 6) is 2.25. The van der Waals surface area contributed by atoms with Gasteiger partial charge < -0.3 is 14.8 Å². The molecule has 1 aromatic heterocycles. The number of methoxy groups -OCH3 is 1. The van der Waals surface area contributed by atoms with E-state index in [-0.39, 0.29) is 12.1 Å². The lowest BCUT2D eigenvalue weighted by molar-refractivity contribution is 0.223. The highest BCUT2D eigenvalue weighted by molar-refractivity contribution is 6.30. The standard InChI is InChI=1S/C26H21ClN4O2/c1-15-3-5-17(6-4-15)25-22-23(20-13-18(27)9-12-21(20)33-25)30-26-28-14-29-31(26)24(22)16-7-10-19(32-2)11-8-16/h3-14,24-25H,1-2H3,(H,28,29,30)/t24-,25+/m0/s1. The first-order chi connectivity index (χ1) is 16.1. The van der Waals surface area contributed by atoms with Gasteiger partial charge >= 0.3 is 0 Å². The van der Waals surface area contributed by atoms with Gasteiger partial charge in [-0.25, -0.2) is 4.68 Å². The van der Waals surface area contributed by atoms with E-state index in [9.17, 15) is 0 Å². The average Bonchev–Trinajstić information content (AvgIpc) is 3.31. The van der Waals surface area contributed by atoms with Crippen LogP contribution in [0.15, 0.2) is 78.6 Å². The Morgan fingerprint density at radius 2 is 1.76 bits per heavy atom. The van der Waals surface area contributed by atoms with Gasteiger partial charge in [-0.05, 0) is 48.4 Å². The maximum atomic E-state index is 6.63. The van der Waals surface area contributed by atoms with Gasteiger partial charge in [0.15, 0.2) is 0 Å². The summed E-state index contributed by atoms with van der Waals surface area (Å²) in [6, 6.07) is 22.0. The molecule has 0 aliphatic carbocycles. The summed E-state index contributed by atoms with van der Waals surface area (Å²) in [6.45, 7) is 2.08. The molecule has 4 aromatic rings. The van der Waals surface area contributed by atoms with Crippen LogP contribution in [-0.4, -0.2) is 21.9 Å². The van der Waals surface area contributed by atoms with Gasteiger partial charge in [0, 0.05) is 16.2 Å². The Kier molecular flexibility index (Phi) is 4.62. The van der Waals surface area contributed by atoms with Crippen LogP contribution in [0.2, 0.25) is 5.02 Å². The molecule has 6 nitrogen and oxygen atoms in total. The lowest BCUT2D eigenvalue weighted by atomic mass is 9.84. The van der Waals surface area contributed by atoms with Crippen molar-refractivity contribution in [1.29, 1.82) is 0 Å². The molecule has 0 fully saturated rings. The molecule has 7 heteroatoms. The molecule has 0 saturated carbocycles. The Hall–Kier alpha value is -3.77. The van der Waals surface area contributed by atoms with Gasteiger partial charge in [0.05, 0.1) is 12.8 Å². The van der Waals surface area contributed by atoms with Crippen molar-refractivity contribution in [3.8, 4) is 11.5 Å². The number of benzene rings is 3. The third-order valence-corrected chi connectivity index (χ3v) is 6.42. The number of fused-ring (bicyclic) bond motifs is 3. The molecule has 3 aromatic carbocycles. The van der Waals surface area contributed by atoms with Crippen LogP contribution in [0.25, 0.3) is 5.70 Å². The molecule has 0 unspecified atom stereocenters. The van der Waals surface area contributed by atoms with E-state index >= 15 is 0 Å². The van der Waals surface area contributed by atoms with Crippen LogP contribution < -0.4 is 14.8 Å². The second kappa shape index (κ2) is 7.67. The van der Waals surface area contributed by atoms with Crippen LogP contribution in [0, 0.1) is 6.92 Å². The van der Waals surface area contributed by atoms with Crippen LogP contribution in [-0.2, 0) is 0 Å². The number of nitrogens with one attached hydrogen (secondary N) is 1. The maximum absolute atomic E-state index is 6.63. The number of nitrogens with zero attached hydrogens (tertiary/aromatic N) is 3. The predicted octanol–water partition coefficient (Wildman–Crippen LogP) is 5.81. The monoisotopic (exact) mass is 456 g/mol. The van der Waals surface area contributed by atoms with Crippen molar-refractivity contribution in [2.45, 2.75) is 19.1 Å². The van der Waals surface area contributed by atoms with E-state index in [2.05, 4.69) is 58.7 Å². The van der Waals surface area contributed by atoms with E-state index in [1.807, 2.05) is 35.0 Å². The van der Waals surface area contributed by atoms with E-state index in [1.54, 1.807) is 13.4 Å². The van der Waals surface area contributed by atoms with Crippen LogP contribution in [0.3, 0.4) is 0 Å². The number of ether oxygens (including phenoxy) is 2. The molecular weight excluding hydrogens is 436 g/mol. The van der Waals surface area contributed by atoms with Gasteiger partial charge in [-0.1, -0.05) is 53.6 Å². The zero-order valence-corrected chi connectivity index (χ0v) is 18.9. The summed E-state index contributed by atoms with van der Waals surface area (Å²) in [7, 11) is 1.67. The largest absolute Gasteiger partial charge is 0.497 e. The molecule has 0 bridgehead atoms. The smallest absolute Gasteiger partial charge is 0.226 e. The lowest BCUT2D eigenvalue weighted by Gasteiger charge is -2.39. The van der Waals surface area contributed by atoms with E-state index in [4.69, 9.17) is 21.1 Å². The minimum atomic E-state index is -0.314. The summed E-state index contributed by atoms with van der Waals surface area (Å²) in [5, 5.41) is 8.71. The summed E-state index contributed by atoms with van der Waals surface area (Å²) in [5.41, 5.74) is 6.24. The fraction of sp³-hybridized carbons (Fsp3) is 0.154. The highest BCUT2D eigenvalue weighted by Gasteiger charge is 2.41. The molecule has 6 rings (SSSR count). The fourth-order valence-corrected chi connectivity index (χ4v) is 4.74. The Morgan fingerprint density at radius 1 is 1.00 bits per heavy atom. The first-order valence-corrected chi connectivity index (χ1v) is 11.1. The normalized spacial score (nSPS) is 18.5. The van der Waals surface area contributed by atoms with Gasteiger partial charge in [0.25, 0.3) is 0 Å². The van der Waals surface area contributed by atoms with Crippen molar-refractivity contribution in [3.63, 3.8) is 0 Å². The van der Waals surface area contributed by atoms with E-state index in [0.29, 0.717) is 11.0 Å². The number of anilines is 1. The van der Waals surface area contributed by atoms with Crippen molar-refractivity contribution < 1.29 is 9.47 Å². The van der Waals surface area contributed by atoms with Crippen LogP contribution in [0.5, 0.6) is 11.5 Å². The molecule has 0 spiro atoms. The number of rotatable bonds is 3. The molecule has 0 saturated heterocycles. The first-order valence-electron chi connectivity index (χ1n) is 10.7. The second-order valence-electron chi connectivity index (χ2n) is 8.21.